The first-order valence-corrected chi connectivity index (χ1v) is 8.44. The molecule has 3 nitrogen and oxygen atoms in total. The molecular formula is C17H31NO2. The van der Waals surface area contributed by atoms with E-state index in [0.29, 0.717) is 11.9 Å². The first kappa shape index (κ1) is 15.8. The van der Waals surface area contributed by atoms with E-state index < -0.39 is 0 Å². The number of rotatable bonds is 6. The molecule has 2 fully saturated rings. The van der Waals surface area contributed by atoms with Gasteiger partial charge in [0.25, 0.3) is 0 Å². The maximum Gasteiger partial charge on any atom is 0.223 e. The van der Waals surface area contributed by atoms with Crippen molar-refractivity contribution in [3.63, 3.8) is 0 Å². The van der Waals surface area contributed by atoms with Gasteiger partial charge in [-0.1, -0.05) is 13.8 Å². The van der Waals surface area contributed by atoms with E-state index in [1.54, 1.807) is 0 Å². The molecule has 116 valence electrons. The zero-order chi connectivity index (χ0) is 14.8. The third-order valence-electron chi connectivity index (χ3n) is 4.95. The lowest BCUT2D eigenvalue weighted by Crippen LogP contribution is -2.43. The zero-order valence-electron chi connectivity index (χ0n) is 13.7. The summed E-state index contributed by atoms with van der Waals surface area (Å²) >= 11 is 0. The van der Waals surface area contributed by atoms with E-state index in [0.717, 1.165) is 38.6 Å². The van der Waals surface area contributed by atoms with Crippen molar-refractivity contribution in [3.8, 4) is 0 Å². The highest BCUT2D eigenvalue weighted by Crippen LogP contribution is 2.43. The first-order valence-electron chi connectivity index (χ1n) is 8.44. The average molecular weight is 281 g/mol. The Morgan fingerprint density at radius 1 is 1.20 bits per heavy atom. The largest absolute Gasteiger partial charge is 0.376 e. The Balaban J connectivity index is 2.02. The Hall–Kier alpha value is -0.570. The van der Waals surface area contributed by atoms with Crippen molar-refractivity contribution in [2.24, 2.45) is 5.41 Å². The molecule has 1 saturated heterocycles. The van der Waals surface area contributed by atoms with Crippen molar-refractivity contribution in [3.05, 3.63) is 0 Å². The summed E-state index contributed by atoms with van der Waals surface area (Å²) in [5.74, 6) is 0.387. The molecule has 2 unspecified atom stereocenters. The van der Waals surface area contributed by atoms with E-state index >= 15 is 0 Å². The number of nitrogens with zero attached hydrogens (tertiary/aromatic N) is 1. The van der Waals surface area contributed by atoms with Gasteiger partial charge in [-0.15, -0.1) is 0 Å². The topological polar surface area (TPSA) is 29.5 Å². The van der Waals surface area contributed by atoms with Gasteiger partial charge in [-0.05, 0) is 57.8 Å². The van der Waals surface area contributed by atoms with Crippen LogP contribution in [-0.2, 0) is 9.53 Å². The molecule has 0 bridgehead atoms. The Morgan fingerprint density at radius 3 is 2.25 bits per heavy atom. The van der Waals surface area contributed by atoms with Crippen LogP contribution >= 0.6 is 0 Å². The first-order chi connectivity index (χ1) is 9.49. The summed E-state index contributed by atoms with van der Waals surface area (Å²) in [5, 5.41) is 0. The molecule has 1 aliphatic heterocycles. The third kappa shape index (κ3) is 3.75. The Kier molecular flexibility index (Phi) is 5.11. The maximum absolute atomic E-state index is 12.7. The van der Waals surface area contributed by atoms with E-state index in [4.69, 9.17) is 4.74 Å². The molecule has 0 spiro atoms. The molecule has 1 heterocycles. The molecule has 0 N–H and O–H groups in total. The van der Waals surface area contributed by atoms with Crippen LogP contribution in [0.5, 0.6) is 0 Å². The van der Waals surface area contributed by atoms with Crippen LogP contribution in [0.1, 0.15) is 72.6 Å². The van der Waals surface area contributed by atoms with E-state index in [1.807, 2.05) is 0 Å². The minimum atomic E-state index is 0.162. The minimum absolute atomic E-state index is 0.162. The molecule has 1 aliphatic carbocycles. The molecule has 0 aromatic heterocycles. The number of carbonyl (C=O) groups is 1. The molecule has 0 aromatic rings. The summed E-state index contributed by atoms with van der Waals surface area (Å²) in [6, 6.07) is 0.547. The summed E-state index contributed by atoms with van der Waals surface area (Å²) < 4.78 is 5.87. The van der Waals surface area contributed by atoms with Crippen LogP contribution in [0.4, 0.5) is 0 Å². The highest BCUT2D eigenvalue weighted by atomic mass is 16.5. The standard InChI is InChI=1S/C17H31NO2/c1-5-9-18(15-7-8-15)16(19)12-17(6-2)10-13(3)20-14(4)11-17/h13-15H,5-12H2,1-4H3. The van der Waals surface area contributed by atoms with Gasteiger partial charge >= 0.3 is 0 Å². The van der Waals surface area contributed by atoms with Crippen LogP contribution in [0, 0.1) is 5.41 Å². The van der Waals surface area contributed by atoms with Crippen LogP contribution in [0.2, 0.25) is 0 Å². The number of amides is 1. The smallest absolute Gasteiger partial charge is 0.223 e. The molecule has 0 aromatic carbocycles. The van der Waals surface area contributed by atoms with Crippen molar-refractivity contribution in [1.82, 2.24) is 4.90 Å². The van der Waals surface area contributed by atoms with Crippen LogP contribution in [0.3, 0.4) is 0 Å². The van der Waals surface area contributed by atoms with Crippen LogP contribution in [0.25, 0.3) is 0 Å². The van der Waals surface area contributed by atoms with Crippen molar-refractivity contribution in [2.75, 3.05) is 6.54 Å². The second-order valence-electron chi connectivity index (χ2n) is 7.01. The fourth-order valence-corrected chi connectivity index (χ4v) is 3.91. The average Bonchev–Trinajstić information content (AvgIpc) is 3.18. The van der Waals surface area contributed by atoms with Crippen LogP contribution < -0.4 is 0 Å². The van der Waals surface area contributed by atoms with Gasteiger partial charge < -0.3 is 9.64 Å². The van der Waals surface area contributed by atoms with Gasteiger partial charge in [-0.2, -0.15) is 0 Å². The fourth-order valence-electron chi connectivity index (χ4n) is 3.91. The Labute approximate surface area is 124 Å². The molecule has 1 saturated carbocycles. The zero-order valence-corrected chi connectivity index (χ0v) is 13.7. The van der Waals surface area contributed by atoms with Crippen LogP contribution in [0.15, 0.2) is 0 Å². The van der Waals surface area contributed by atoms with E-state index in [1.165, 1.54) is 12.8 Å². The van der Waals surface area contributed by atoms with Crippen molar-refractivity contribution in [2.45, 2.75) is 90.9 Å². The highest BCUT2D eigenvalue weighted by molar-refractivity contribution is 5.77. The van der Waals surface area contributed by atoms with Gasteiger partial charge in [-0.25, -0.2) is 0 Å². The summed E-state index contributed by atoms with van der Waals surface area (Å²) in [5.41, 5.74) is 0.162. The van der Waals surface area contributed by atoms with Gasteiger partial charge in [0.1, 0.15) is 0 Å². The number of hydrogen-bond acceptors (Lipinski definition) is 2. The van der Waals surface area contributed by atoms with Gasteiger partial charge in [0.2, 0.25) is 5.91 Å². The molecule has 2 rings (SSSR count). The normalized spacial score (nSPS) is 34.0. The third-order valence-corrected chi connectivity index (χ3v) is 4.95. The number of carbonyl (C=O) groups excluding carboxylic acids is 1. The van der Waals surface area contributed by atoms with Crippen molar-refractivity contribution < 1.29 is 9.53 Å². The lowest BCUT2D eigenvalue weighted by atomic mass is 9.71. The second kappa shape index (κ2) is 6.46. The van der Waals surface area contributed by atoms with E-state index in [-0.39, 0.29) is 17.6 Å². The lowest BCUT2D eigenvalue weighted by Gasteiger charge is -2.43. The Bertz CT molecular complexity index is 328. The SMILES string of the molecule is CCCN(C(=O)CC1(CC)CC(C)OC(C)C1)C1CC1. The highest BCUT2D eigenvalue weighted by Gasteiger charge is 2.41. The summed E-state index contributed by atoms with van der Waals surface area (Å²) in [6.45, 7) is 9.63. The second-order valence-corrected chi connectivity index (χ2v) is 7.01. The van der Waals surface area contributed by atoms with Gasteiger partial charge in [0.15, 0.2) is 0 Å². The molecule has 20 heavy (non-hydrogen) atoms. The van der Waals surface area contributed by atoms with E-state index in [9.17, 15) is 4.79 Å². The predicted molar refractivity (Wildman–Crippen MR) is 81.6 cm³/mol. The molecule has 1 amide bonds. The molecule has 0 radical (unpaired) electrons. The number of ether oxygens (including phenoxy) is 1. The van der Waals surface area contributed by atoms with Gasteiger partial charge in [0.05, 0.1) is 12.2 Å². The molecular weight excluding hydrogens is 250 g/mol. The fraction of sp³-hybridized carbons (Fsp3) is 0.941. The number of hydrogen-bond donors (Lipinski definition) is 0. The van der Waals surface area contributed by atoms with E-state index in [2.05, 4.69) is 32.6 Å². The lowest BCUT2D eigenvalue weighted by molar-refractivity contribution is -0.140. The molecule has 3 heteroatoms. The van der Waals surface area contributed by atoms with Crippen molar-refractivity contribution in [1.29, 1.82) is 0 Å². The summed E-state index contributed by atoms with van der Waals surface area (Å²) in [4.78, 5) is 14.9. The Morgan fingerprint density at radius 2 is 1.80 bits per heavy atom. The van der Waals surface area contributed by atoms with Gasteiger partial charge in [0, 0.05) is 19.0 Å². The predicted octanol–water partition coefficient (Wildman–Crippen LogP) is 3.76. The molecule has 2 atom stereocenters. The quantitative estimate of drug-likeness (QED) is 0.742. The van der Waals surface area contributed by atoms with Gasteiger partial charge in [-0.3, -0.25) is 4.79 Å². The maximum atomic E-state index is 12.7. The summed E-state index contributed by atoms with van der Waals surface area (Å²) in [6.07, 6.45) is 7.92. The minimum Gasteiger partial charge on any atom is -0.376 e. The summed E-state index contributed by atoms with van der Waals surface area (Å²) in [7, 11) is 0. The van der Waals surface area contributed by atoms with Crippen molar-refractivity contribution >= 4 is 5.91 Å². The van der Waals surface area contributed by atoms with Crippen LogP contribution in [-0.4, -0.2) is 35.6 Å². The molecule has 2 aliphatic rings. The monoisotopic (exact) mass is 281 g/mol.